The number of hydrogen-bond acceptors (Lipinski definition) is 2. The molecular formula is C6H14N2. The van der Waals surface area contributed by atoms with Gasteiger partial charge in [-0.1, -0.05) is 6.92 Å². The van der Waals surface area contributed by atoms with Crippen molar-refractivity contribution in [2.24, 2.45) is 0 Å². The van der Waals surface area contributed by atoms with Gasteiger partial charge in [0.05, 0.1) is 12.8 Å². The first-order chi connectivity index (χ1) is 3.75. The highest BCUT2D eigenvalue weighted by atomic mass is 15.5. The number of hydrogen-bond donors (Lipinski definition) is 0. The summed E-state index contributed by atoms with van der Waals surface area (Å²) in [6.45, 7) is 6.76. The average Bonchev–Trinajstić information content (AvgIpc) is 1.81. The van der Waals surface area contributed by atoms with Crippen LogP contribution in [0.15, 0.2) is 0 Å². The van der Waals surface area contributed by atoms with Crippen molar-refractivity contribution in [2.75, 3.05) is 20.3 Å². The fraction of sp³-hybridized carbons (Fsp3) is 1.00. The van der Waals surface area contributed by atoms with E-state index in [1.807, 2.05) is 0 Å². The van der Waals surface area contributed by atoms with Gasteiger partial charge in [-0.15, -0.1) is 0 Å². The molecule has 1 fully saturated rings. The van der Waals surface area contributed by atoms with Gasteiger partial charge in [-0.2, -0.15) is 0 Å². The Kier molecular flexibility index (Phi) is 1.54. The number of rotatable bonds is 1. The zero-order valence-electron chi connectivity index (χ0n) is 5.89. The molecule has 0 aromatic rings. The lowest BCUT2D eigenvalue weighted by Crippen LogP contribution is -2.60. The average molecular weight is 114 g/mol. The molecule has 1 heterocycles. The van der Waals surface area contributed by atoms with Crippen LogP contribution >= 0.6 is 0 Å². The quantitative estimate of drug-likeness (QED) is 0.491. The summed E-state index contributed by atoms with van der Waals surface area (Å²) >= 11 is 0. The zero-order chi connectivity index (χ0) is 6.15. The molecule has 0 aliphatic carbocycles. The maximum absolute atomic E-state index is 2.42. The van der Waals surface area contributed by atoms with Crippen LogP contribution in [0.4, 0.5) is 0 Å². The van der Waals surface area contributed by atoms with Gasteiger partial charge >= 0.3 is 0 Å². The van der Waals surface area contributed by atoms with Crippen LogP contribution in [0, 0.1) is 0 Å². The van der Waals surface area contributed by atoms with Crippen molar-refractivity contribution in [1.82, 2.24) is 9.80 Å². The summed E-state index contributed by atoms with van der Waals surface area (Å²) < 4.78 is 0. The number of nitrogens with zero attached hydrogens (tertiary/aromatic N) is 2. The molecule has 0 spiro atoms. The molecule has 1 aliphatic heterocycles. The van der Waals surface area contributed by atoms with Gasteiger partial charge in [0.25, 0.3) is 0 Å². The lowest BCUT2D eigenvalue weighted by Gasteiger charge is -2.46. The summed E-state index contributed by atoms with van der Waals surface area (Å²) in [5.41, 5.74) is 0. The summed E-state index contributed by atoms with van der Waals surface area (Å²) in [5, 5.41) is 0. The Bertz CT molecular complexity index is 82.6. The van der Waals surface area contributed by atoms with Crippen molar-refractivity contribution in [3.05, 3.63) is 0 Å². The lowest BCUT2D eigenvalue weighted by molar-refractivity contribution is -0.0751. The minimum atomic E-state index is 0.681. The molecule has 2 heteroatoms. The predicted octanol–water partition coefficient (Wildman–Crippen LogP) is 0.557. The highest BCUT2D eigenvalue weighted by Gasteiger charge is 2.26. The van der Waals surface area contributed by atoms with E-state index in [4.69, 9.17) is 0 Å². The molecule has 1 saturated heterocycles. The van der Waals surface area contributed by atoms with E-state index in [1.54, 1.807) is 0 Å². The van der Waals surface area contributed by atoms with Crippen LogP contribution < -0.4 is 0 Å². The highest BCUT2D eigenvalue weighted by molar-refractivity contribution is 4.73. The third-order valence-electron chi connectivity index (χ3n) is 1.98. The molecule has 1 unspecified atom stereocenters. The van der Waals surface area contributed by atoms with Gasteiger partial charge in [0.2, 0.25) is 0 Å². The van der Waals surface area contributed by atoms with Gasteiger partial charge in [0.15, 0.2) is 0 Å². The smallest absolute Gasteiger partial charge is 0.0612 e. The van der Waals surface area contributed by atoms with E-state index in [0.717, 1.165) is 6.67 Å². The molecule has 0 aromatic carbocycles. The standard InChI is InChI=1S/C6H14N2/c1-4-8-5-7(3)6(8)2/h6H,4-5H2,1-3H3. The molecule has 8 heavy (non-hydrogen) atoms. The SMILES string of the molecule is CCN1CN(C)C1C. The molecule has 0 radical (unpaired) electrons. The van der Waals surface area contributed by atoms with Gasteiger partial charge in [-0.05, 0) is 20.5 Å². The fourth-order valence-electron chi connectivity index (χ4n) is 1.07. The second-order valence-corrected chi connectivity index (χ2v) is 2.44. The lowest BCUT2D eigenvalue weighted by atomic mass is 10.3. The van der Waals surface area contributed by atoms with Crippen LogP contribution in [0.1, 0.15) is 13.8 Å². The maximum Gasteiger partial charge on any atom is 0.0612 e. The van der Waals surface area contributed by atoms with Crippen LogP contribution in [0.5, 0.6) is 0 Å². The van der Waals surface area contributed by atoms with Crippen molar-refractivity contribution in [2.45, 2.75) is 20.0 Å². The van der Waals surface area contributed by atoms with Crippen LogP contribution in [0.3, 0.4) is 0 Å². The first-order valence-corrected chi connectivity index (χ1v) is 3.20. The molecule has 0 N–H and O–H groups in total. The van der Waals surface area contributed by atoms with Crippen molar-refractivity contribution in [3.63, 3.8) is 0 Å². The first-order valence-electron chi connectivity index (χ1n) is 3.20. The Morgan fingerprint density at radius 1 is 1.62 bits per heavy atom. The van der Waals surface area contributed by atoms with E-state index >= 15 is 0 Å². The highest BCUT2D eigenvalue weighted by Crippen LogP contribution is 2.13. The second-order valence-electron chi connectivity index (χ2n) is 2.44. The normalized spacial score (nSPS) is 32.6. The van der Waals surface area contributed by atoms with Gasteiger partial charge < -0.3 is 0 Å². The largest absolute Gasteiger partial charge is 0.278 e. The zero-order valence-corrected chi connectivity index (χ0v) is 5.89. The Morgan fingerprint density at radius 2 is 2.25 bits per heavy atom. The second kappa shape index (κ2) is 2.03. The summed E-state index contributed by atoms with van der Waals surface area (Å²) in [4.78, 5) is 4.74. The van der Waals surface area contributed by atoms with E-state index in [2.05, 4.69) is 30.7 Å². The van der Waals surface area contributed by atoms with Gasteiger partial charge in [-0.25, -0.2) is 0 Å². The Morgan fingerprint density at radius 3 is 2.38 bits per heavy atom. The molecule has 48 valence electrons. The Balaban J connectivity index is 2.25. The van der Waals surface area contributed by atoms with E-state index in [-0.39, 0.29) is 0 Å². The molecule has 0 saturated carbocycles. The molecule has 2 nitrogen and oxygen atoms in total. The summed E-state index contributed by atoms with van der Waals surface area (Å²) in [6.07, 6.45) is 0.681. The van der Waals surface area contributed by atoms with Gasteiger partial charge in [0.1, 0.15) is 0 Å². The van der Waals surface area contributed by atoms with E-state index in [9.17, 15) is 0 Å². The minimum Gasteiger partial charge on any atom is -0.278 e. The molecule has 1 aliphatic rings. The van der Waals surface area contributed by atoms with Crippen LogP contribution in [0.25, 0.3) is 0 Å². The molecular weight excluding hydrogens is 100 g/mol. The summed E-state index contributed by atoms with van der Waals surface area (Å²) in [7, 11) is 2.15. The van der Waals surface area contributed by atoms with Crippen molar-refractivity contribution in [1.29, 1.82) is 0 Å². The van der Waals surface area contributed by atoms with Crippen molar-refractivity contribution < 1.29 is 0 Å². The fourth-order valence-corrected chi connectivity index (χ4v) is 1.07. The molecule has 1 rings (SSSR count). The van der Waals surface area contributed by atoms with E-state index in [0.29, 0.717) is 6.17 Å². The van der Waals surface area contributed by atoms with Crippen molar-refractivity contribution >= 4 is 0 Å². The predicted molar refractivity (Wildman–Crippen MR) is 34.5 cm³/mol. The molecule has 0 amide bonds. The summed E-state index contributed by atoms with van der Waals surface area (Å²) in [5.74, 6) is 0. The minimum absolute atomic E-state index is 0.681. The Hall–Kier alpha value is -0.0800. The molecule has 0 bridgehead atoms. The van der Waals surface area contributed by atoms with E-state index in [1.165, 1.54) is 6.54 Å². The third kappa shape index (κ3) is 0.740. The topological polar surface area (TPSA) is 6.48 Å². The van der Waals surface area contributed by atoms with Gasteiger partial charge in [-0.3, -0.25) is 9.80 Å². The van der Waals surface area contributed by atoms with Crippen LogP contribution in [-0.4, -0.2) is 36.2 Å². The summed E-state index contributed by atoms with van der Waals surface area (Å²) in [6, 6.07) is 0. The molecule has 0 aromatic heterocycles. The first kappa shape index (κ1) is 6.05. The van der Waals surface area contributed by atoms with E-state index < -0.39 is 0 Å². The third-order valence-corrected chi connectivity index (χ3v) is 1.98. The Labute approximate surface area is 51.1 Å². The maximum atomic E-state index is 2.42. The van der Waals surface area contributed by atoms with Crippen LogP contribution in [0.2, 0.25) is 0 Å². The van der Waals surface area contributed by atoms with Crippen molar-refractivity contribution in [3.8, 4) is 0 Å². The van der Waals surface area contributed by atoms with Gasteiger partial charge in [0, 0.05) is 0 Å². The van der Waals surface area contributed by atoms with Crippen LogP contribution in [-0.2, 0) is 0 Å². The molecule has 1 atom stereocenters. The monoisotopic (exact) mass is 114 g/mol.